The van der Waals surface area contributed by atoms with E-state index in [1.807, 2.05) is 0 Å². The Morgan fingerprint density at radius 3 is 2.53 bits per heavy atom. The van der Waals surface area contributed by atoms with Gasteiger partial charge >= 0.3 is 5.51 Å². The molecule has 1 N–H and O–H groups in total. The minimum atomic E-state index is -4.34. The number of amides is 1. The Morgan fingerprint density at radius 1 is 1.35 bits per heavy atom. The smallest absolute Gasteiger partial charge is 0.350 e. The number of benzene rings is 1. The Labute approximate surface area is 102 Å². The van der Waals surface area contributed by atoms with Crippen molar-refractivity contribution in [3.05, 3.63) is 29.8 Å². The molecule has 94 valence electrons. The van der Waals surface area contributed by atoms with E-state index in [9.17, 15) is 18.0 Å². The molecule has 0 heterocycles. The van der Waals surface area contributed by atoms with Crippen molar-refractivity contribution in [1.82, 2.24) is 5.32 Å². The summed E-state index contributed by atoms with van der Waals surface area (Å²) in [6.45, 7) is 3.57. The predicted molar refractivity (Wildman–Crippen MR) is 61.0 cm³/mol. The van der Waals surface area contributed by atoms with Gasteiger partial charge in [0.1, 0.15) is 0 Å². The summed E-state index contributed by atoms with van der Waals surface area (Å²) in [6.07, 6.45) is 0. The van der Waals surface area contributed by atoms with Crippen LogP contribution in [0, 0.1) is 0 Å². The van der Waals surface area contributed by atoms with Gasteiger partial charge in [-0.05, 0) is 43.8 Å². The van der Waals surface area contributed by atoms with Crippen molar-refractivity contribution >= 4 is 17.7 Å². The van der Waals surface area contributed by atoms with Gasteiger partial charge in [-0.15, -0.1) is 0 Å². The summed E-state index contributed by atoms with van der Waals surface area (Å²) in [5.74, 6) is -0.371. The van der Waals surface area contributed by atoms with Gasteiger partial charge in [0.05, 0.1) is 0 Å². The zero-order chi connectivity index (χ0) is 13.1. The maximum atomic E-state index is 12.1. The molecule has 0 bridgehead atoms. The summed E-state index contributed by atoms with van der Waals surface area (Å²) in [6, 6.07) is 5.42. The third-order valence-corrected chi connectivity index (χ3v) is 2.47. The fourth-order valence-corrected chi connectivity index (χ4v) is 1.78. The van der Waals surface area contributed by atoms with Gasteiger partial charge in [-0.25, -0.2) is 0 Å². The van der Waals surface area contributed by atoms with Crippen molar-refractivity contribution in [2.75, 3.05) is 0 Å². The number of hydrogen-bond acceptors (Lipinski definition) is 2. The summed E-state index contributed by atoms with van der Waals surface area (Å²) >= 11 is -0.229. The van der Waals surface area contributed by atoms with E-state index in [1.54, 1.807) is 13.8 Å². The average Bonchev–Trinajstić information content (AvgIpc) is 2.14. The molecule has 0 radical (unpaired) electrons. The molecule has 17 heavy (non-hydrogen) atoms. The maximum absolute atomic E-state index is 12.1. The largest absolute Gasteiger partial charge is 0.446 e. The third kappa shape index (κ3) is 5.12. The van der Waals surface area contributed by atoms with E-state index in [2.05, 4.69) is 5.32 Å². The highest BCUT2D eigenvalue weighted by Crippen LogP contribution is 2.36. The summed E-state index contributed by atoms with van der Waals surface area (Å²) in [5, 5.41) is 2.62. The highest BCUT2D eigenvalue weighted by molar-refractivity contribution is 8.00. The fourth-order valence-electron chi connectivity index (χ4n) is 1.18. The second-order valence-corrected chi connectivity index (χ2v) is 4.84. The minimum absolute atomic E-state index is 0.00825. The molecule has 0 unspecified atom stereocenters. The zero-order valence-electron chi connectivity index (χ0n) is 9.34. The number of hydrogen-bond donors (Lipinski definition) is 1. The normalized spacial score (nSPS) is 11.6. The lowest BCUT2D eigenvalue weighted by atomic mass is 10.2. The van der Waals surface area contributed by atoms with E-state index in [0.29, 0.717) is 0 Å². The Hall–Kier alpha value is -1.17. The molecule has 1 aromatic carbocycles. The van der Waals surface area contributed by atoms with Gasteiger partial charge in [-0.1, -0.05) is 6.07 Å². The van der Waals surface area contributed by atoms with Crippen molar-refractivity contribution in [3.63, 3.8) is 0 Å². The molecule has 0 aliphatic rings. The van der Waals surface area contributed by atoms with Crippen LogP contribution in [0.25, 0.3) is 0 Å². The molecule has 1 rings (SSSR count). The molecular weight excluding hydrogens is 251 g/mol. The van der Waals surface area contributed by atoms with E-state index in [4.69, 9.17) is 0 Å². The van der Waals surface area contributed by atoms with E-state index in [0.717, 1.165) is 0 Å². The van der Waals surface area contributed by atoms with Crippen molar-refractivity contribution in [1.29, 1.82) is 0 Å². The molecule has 0 aliphatic heterocycles. The third-order valence-electron chi connectivity index (χ3n) is 1.75. The molecule has 2 nitrogen and oxygen atoms in total. The van der Waals surface area contributed by atoms with Crippen molar-refractivity contribution < 1.29 is 18.0 Å². The SMILES string of the molecule is CC(C)NC(=O)c1cccc(SC(F)(F)F)c1. The molecule has 0 aliphatic carbocycles. The highest BCUT2D eigenvalue weighted by atomic mass is 32.2. The number of carbonyl (C=O) groups is 1. The fraction of sp³-hybridized carbons (Fsp3) is 0.364. The zero-order valence-corrected chi connectivity index (χ0v) is 10.2. The molecule has 0 fully saturated rings. The maximum Gasteiger partial charge on any atom is 0.446 e. The lowest BCUT2D eigenvalue weighted by molar-refractivity contribution is -0.0328. The van der Waals surface area contributed by atoms with Crippen LogP contribution in [0.2, 0.25) is 0 Å². The summed E-state index contributed by atoms with van der Waals surface area (Å²) in [5.41, 5.74) is -4.11. The van der Waals surface area contributed by atoms with Gasteiger partial charge in [0.2, 0.25) is 0 Å². The van der Waals surface area contributed by atoms with Crippen LogP contribution in [0.15, 0.2) is 29.2 Å². The minimum Gasteiger partial charge on any atom is -0.350 e. The van der Waals surface area contributed by atoms with E-state index < -0.39 is 5.51 Å². The standard InChI is InChI=1S/C11H12F3NOS/c1-7(2)15-10(16)8-4-3-5-9(6-8)17-11(12,13)14/h3-7H,1-2H3,(H,15,16). The van der Waals surface area contributed by atoms with E-state index >= 15 is 0 Å². The van der Waals surface area contributed by atoms with Gasteiger partial charge in [0.25, 0.3) is 5.91 Å². The van der Waals surface area contributed by atoms with Gasteiger partial charge in [-0.2, -0.15) is 13.2 Å². The second-order valence-electron chi connectivity index (χ2n) is 3.70. The van der Waals surface area contributed by atoms with Gasteiger partial charge in [0, 0.05) is 16.5 Å². The molecular formula is C11H12F3NOS. The number of thioether (sulfide) groups is 1. The van der Waals surface area contributed by atoms with Gasteiger partial charge in [0.15, 0.2) is 0 Å². The molecule has 1 amide bonds. The first-order valence-electron chi connectivity index (χ1n) is 4.94. The number of rotatable bonds is 3. The monoisotopic (exact) mass is 263 g/mol. The quantitative estimate of drug-likeness (QED) is 0.846. The van der Waals surface area contributed by atoms with Crippen LogP contribution in [-0.2, 0) is 0 Å². The van der Waals surface area contributed by atoms with E-state index in [-0.39, 0.29) is 34.2 Å². The van der Waals surface area contributed by atoms with Crippen LogP contribution < -0.4 is 5.32 Å². The van der Waals surface area contributed by atoms with Gasteiger partial charge in [-0.3, -0.25) is 4.79 Å². The number of carbonyl (C=O) groups excluding carboxylic acids is 1. The van der Waals surface area contributed by atoms with Crippen LogP contribution in [-0.4, -0.2) is 17.5 Å². The molecule has 0 spiro atoms. The van der Waals surface area contributed by atoms with Crippen LogP contribution in [0.1, 0.15) is 24.2 Å². The molecule has 0 saturated heterocycles. The van der Waals surface area contributed by atoms with Crippen LogP contribution in [0.5, 0.6) is 0 Å². The highest BCUT2D eigenvalue weighted by Gasteiger charge is 2.29. The molecule has 1 aromatic rings. The lowest BCUT2D eigenvalue weighted by Gasteiger charge is -2.10. The Morgan fingerprint density at radius 2 is 2.00 bits per heavy atom. The van der Waals surface area contributed by atoms with Crippen molar-refractivity contribution in [2.24, 2.45) is 0 Å². The molecule has 0 atom stereocenters. The van der Waals surface area contributed by atoms with Crippen molar-refractivity contribution in [2.45, 2.75) is 30.3 Å². The lowest BCUT2D eigenvalue weighted by Crippen LogP contribution is -2.30. The topological polar surface area (TPSA) is 29.1 Å². The molecule has 0 saturated carbocycles. The van der Waals surface area contributed by atoms with Crippen molar-refractivity contribution in [3.8, 4) is 0 Å². The summed E-state index contributed by atoms with van der Waals surface area (Å²) in [7, 11) is 0. The summed E-state index contributed by atoms with van der Waals surface area (Å²) < 4.78 is 36.4. The number of nitrogens with one attached hydrogen (secondary N) is 1. The number of alkyl halides is 3. The van der Waals surface area contributed by atoms with Crippen LogP contribution in [0.4, 0.5) is 13.2 Å². The molecule has 6 heteroatoms. The molecule has 0 aromatic heterocycles. The predicted octanol–water partition coefficient (Wildman–Crippen LogP) is 3.44. The first kappa shape index (κ1) is 13.9. The van der Waals surface area contributed by atoms with E-state index in [1.165, 1.54) is 24.3 Å². The Balaban J connectivity index is 2.82. The second kappa shape index (κ2) is 5.44. The first-order valence-corrected chi connectivity index (χ1v) is 5.76. The van der Waals surface area contributed by atoms with Crippen LogP contribution >= 0.6 is 11.8 Å². The first-order chi connectivity index (χ1) is 7.78. The van der Waals surface area contributed by atoms with Crippen LogP contribution in [0.3, 0.4) is 0 Å². The average molecular weight is 263 g/mol. The number of halogens is 3. The Bertz CT molecular complexity index is 404. The summed E-state index contributed by atoms with van der Waals surface area (Å²) in [4.78, 5) is 11.6. The van der Waals surface area contributed by atoms with Gasteiger partial charge < -0.3 is 5.32 Å². The Kier molecular flexibility index (Phi) is 4.45.